The number of phenols is 1. The van der Waals surface area contributed by atoms with Crippen molar-refractivity contribution in [3.63, 3.8) is 0 Å². The lowest BCUT2D eigenvalue weighted by molar-refractivity contribution is 0.0697. The normalized spacial score (nSPS) is 10.7. The van der Waals surface area contributed by atoms with Crippen molar-refractivity contribution in [1.82, 2.24) is 0 Å². The van der Waals surface area contributed by atoms with E-state index in [1.165, 1.54) is 24.3 Å². The van der Waals surface area contributed by atoms with Gasteiger partial charge in [0.05, 0.1) is 16.9 Å². The van der Waals surface area contributed by atoms with Crippen molar-refractivity contribution in [2.75, 3.05) is 0 Å². The van der Waals surface area contributed by atoms with Crippen LogP contribution in [0.5, 0.6) is 5.75 Å². The van der Waals surface area contributed by atoms with Gasteiger partial charge in [0.1, 0.15) is 5.75 Å². The molecule has 2 aromatic rings. The van der Waals surface area contributed by atoms with Crippen molar-refractivity contribution in [3.8, 4) is 5.75 Å². The molecule has 0 aliphatic rings. The lowest BCUT2D eigenvalue weighted by Crippen LogP contribution is -1.94. The fourth-order valence-corrected chi connectivity index (χ4v) is 1.34. The SMILES string of the molecule is O=C(O)c1cccc(N=Nc2ccc(O)cc2)c1. The Kier molecular flexibility index (Phi) is 3.33. The summed E-state index contributed by atoms with van der Waals surface area (Å²) in [6, 6.07) is 12.4. The van der Waals surface area contributed by atoms with E-state index in [2.05, 4.69) is 10.2 Å². The Hall–Kier alpha value is -2.69. The predicted octanol–water partition coefficient (Wildman–Crippen LogP) is 3.51. The molecule has 2 aromatic carbocycles. The van der Waals surface area contributed by atoms with Crippen LogP contribution in [0.15, 0.2) is 58.8 Å². The smallest absolute Gasteiger partial charge is 0.335 e. The monoisotopic (exact) mass is 242 g/mol. The molecule has 90 valence electrons. The molecule has 0 fully saturated rings. The maximum atomic E-state index is 10.8. The molecule has 5 nitrogen and oxygen atoms in total. The molecule has 0 radical (unpaired) electrons. The molecule has 0 spiro atoms. The molecule has 0 aliphatic heterocycles. The third-order valence-corrected chi connectivity index (χ3v) is 2.22. The zero-order chi connectivity index (χ0) is 13.0. The molecule has 2 N–H and O–H groups in total. The highest BCUT2D eigenvalue weighted by atomic mass is 16.4. The van der Waals surface area contributed by atoms with Crippen LogP contribution in [0, 0.1) is 0 Å². The van der Waals surface area contributed by atoms with Gasteiger partial charge in [-0.15, -0.1) is 0 Å². The number of hydrogen-bond donors (Lipinski definition) is 2. The fourth-order valence-electron chi connectivity index (χ4n) is 1.34. The van der Waals surface area contributed by atoms with Crippen LogP contribution in [-0.4, -0.2) is 16.2 Å². The van der Waals surface area contributed by atoms with Gasteiger partial charge in [-0.3, -0.25) is 0 Å². The van der Waals surface area contributed by atoms with Crippen LogP contribution < -0.4 is 0 Å². The highest BCUT2D eigenvalue weighted by molar-refractivity contribution is 5.88. The summed E-state index contributed by atoms with van der Waals surface area (Å²) in [4.78, 5) is 10.8. The van der Waals surface area contributed by atoms with E-state index in [1.807, 2.05) is 0 Å². The van der Waals surface area contributed by atoms with Gasteiger partial charge in [-0.1, -0.05) is 6.07 Å². The Balaban J connectivity index is 2.20. The Morgan fingerprint density at radius 3 is 2.28 bits per heavy atom. The molecule has 5 heteroatoms. The third kappa shape index (κ3) is 2.91. The third-order valence-electron chi connectivity index (χ3n) is 2.22. The number of carbonyl (C=O) groups is 1. The topological polar surface area (TPSA) is 82.2 Å². The van der Waals surface area contributed by atoms with E-state index >= 15 is 0 Å². The van der Waals surface area contributed by atoms with Gasteiger partial charge in [0.25, 0.3) is 0 Å². The summed E-state index contributed by atoms with van der Waals surface area (Å²) in [5.74, 6) is -0.849. The number of phenolic OH excluding ortho intramolecular Hbond substituents is 1. The van der Waals surface area contributed by atoms with Crippen LogP contribution in [0.2, 0.25) is 0 Å². The molecule has 0 bridgehead atoms. The predicted molar refractivity (Wildman–Crippen MR) is 65.7 cm³/mol. The highest BCUT2D eigenvalue weighted by Crippen LogP contribution is 2.21. The Bertz CT molecular complexity index is 591. The van der Waals surface area contributed by atoms with Crippen molar-refractivity contribution >= 4 is 17.3 Å². The number of hydrogen-bond acceptors (Lipinski definition) is 4. The summed E-state index contributed by atoms with van der Waals surface area (Å²) in [5, 5.41) is 25.8. The molecule has 2 rings (SSSR count). The largest absolute Gasteiger partial charge is 0.508 e. The molecular weight excluding hydrogens is 232 g/mol. The van der Waals surface area contributed by atoms with Gasteiger partial charge < -0.3 is 10.2 Å². The average molecular weight is 242 g/mol. The molecule has 0 saturated carbocycles. The van der Waals surface area contributed by atoms with Crippen molar-refractivity contribution in [2.45, 2.75) is 0 Å². The molecule has 18 heavy (non-hydrogen) atoms. The van der Waals surface area contributed by atoms with Gasteiger partial charge in [0, 0.05) is 0 Å². The second-order valence-corrected chi connectivity index (χ2v) is 3.57. The van der Waals surface area contributed by atoms with Crippen molar-refractivity contribution in [3.05, 3.63) is 54.1 Å². The van der Waals surface area contributed by atoms with Gasteiger partial charge in [0.2, 0.25) is 0 Å². The number of benzene rings is 2. The quantitative estimate of drug-likeness (QED) is 0.808. The maximum Gasteiger partial charge on any atom is 0.335 e. The van der Waals surface area contributed by atoms with Crippen LogP contribution in [0.25, 0.3) is 0 Å². The Morgan fingerprint density at radius 1 is 0.944 bits per heavy atom. The lowest BCUT2D eigenvalue weighted by atomic mass is 10.2. The van der Waals surface area contributed by atoms with E-state index in [4.69, 9.17) is 10.2 Å². The van der Waals surface area contributed by atoms with Crippen molar-refractivity contribution < 1.29 is 15.0 Å². The van der Waals surface area contributed by atoms with E-state index in [0.717, 1.165) is 0 Å². The number of rotatable bonds is 3. The van der Waals surface area contributed by atoms with Crippen LogP contribution in [0.1, 0.15) is 10.4 Å². The second kappa shape index (κ2) is 5.09. The molecule has 0 atom stereocenters. The maximum absolute atomic E-state index is 10.8. The van der Waals surface area contributed by atoms with Crippen LogP contribution >= 0.6 is 0 Å². The summed E-state index contributed by atoms with van der Waals surface area (Å²) < 4.78 is 0. The number of nitrogens with zero attached hydrogens (tertiary/aromatic N) is 2. The summed E-state index contributed by atoms with van der Waals surface area (Å²) in [7, 11) is 0. The average Bonchev–Trinajstić information content (AvgIpc) is 2.38. The van der Waals surface area contributed by atoms with Gasteiger partial charge in [-0.2, -0.15) is 10.2 Å². The van der Waals surface area contributed by atoms with Gasteiger partial charge in [-0.25, -0.2) is 4.79 Å². The molecule has 0 saturated heterocycles. The lowest BCUT2D eigenvalue weighted by Gasteiger charge is -1.96. The van der Waals surface area contributed by atoms with Gasteiger partial charge >= 0.3 is 5.97 Å². The van der Waals surface area contributed by atoms with Gasteiger partial charge in [-0.05, 0) is 42.5 Å². The number of aromatic carboxylic acids is 1. The second-order valence-electron chi connectivity index (χ2n) is 3.57. The molecular formula is C13H10N2O3. The first-order valence-electron chi connectivity index (χ1n) is 5.19. The first kappa shape index (κ1) is 11.8. The minimum absolute atomic E-state index is 0.154. The zero-order valence-electron chi connectivity index (χ0n) is 9.32. The van der Waals surface area contributed by atoms with Gasteiger partial charge in [0.15, 0.2) is 0 Å². The number of carboxylic acids is 1. The van der Waals surface area contributed by atoms with E-state index in [0.29, 0.717) is 11.4 Å². The van der Waals surface area contributed by atoms with E-state index in [-0.39, 0.29) is 11.3 Å². The van der Waals surface area contributed by atoms with Crippen molar-refractivity contribution in [2.24, 2.45) is 10.2 Å². The number of carboxylic acid groups (broad SMARTS) is 1. The zero-order valence-corrected chi connectivity index (χ0v) is 9.32. The molecule has 0 aliphatic carbocycles. The molecule has 0 aromatic heterocycles. The van der Waals surface area contributed by atoms with Crippen molar-refractivity contribution in [1.29, 1.82) is 0 Å². The van der Waals surface area contributed by atoms with Crippen LogP contribution in [0.3, 0.4) is 0 Å². The summed E-state index contributed by atoms with van der Waals surface area (Å²) in [5.41, 5.74) is 1.20. The molecule has 0 amide bonds. The summed E-state index contributed by atoms with van der Waals surface area (Å²) >= 11 is 0. The van der Waals surface area contributed by atoms with E-state index < -0.39 is 5.97 Å². The standard InChI is InChI=1S/C13H10N2O3/c16-12-6-4-10(5-7-12)14-15-11-3-1-2-9(8-11)13(17)18/h1-8,16H,(H,17,18). The fraction of sp³-hybridized carbons (Fsp3) is 0. The Labute approximate surface area is 103 Å². The number of aromatic hydroxyl groups is 1. The highest BCUT2D eigenvalue weighted by Gasteiger charge is 2.02. The van der Waals surface area contributed by atoms with E-state index in [1.54, 1.807) is 24.3 Å². The minimum Gasteiger partial charge on any atom is -0.508 e. The van der Waals surface area contributed by atoms with Crippen LogP contribution in [-0.2, 0) is 0 Å². The molecule has 0 unspecified atom stereocenters. The first-order chi connectivity index (χ1) is 8.65. The minimum atomic E-state index is -1.00. The number of azo groups is 1. The summed E-state index contributed by atoms with van der Waals surface area (Å²) in [6.45, 7) is 0. The summed E-state index contributed by atoms with van der Waals surface area (Å²) in [6.07, 6.45) is 0. The Morgan fingerprint density at radius 2 is 1.61 bits per heavy atom. The van der Waals surface area contributed by atoms with E-state index in [9.17, 15) is 4.79 Å². The van der Waals surface area contributed by atoms with Crippen LogP contribution in [0.4, 0.5) is 11.4 Å². The first-order valence-corrected chi connectivity index (χ1v) is 5.19. The molecule has 0 heterocycles.